The monoisotopic (exact) mass is 191 g/mol. The summed E-state index contributed by atoms with van der Waals surface area (Å²) in [6.07, 6.45) is 0. The van der Waals surface area contributed by atoms with Crippen LogP contribution in [0.5, 0.6) is 5.88 Å². The first kappa shape index (κ1) is 6.61. The van der Waals surface area contributed by atoms with Crippen LogP contribution in [0.1, 0.15) is 5.76 Å². The molecule has 50 valence electrons. The van der Waals surface area contributed by atoms with E-state index in [1.165, 1.54) is 0 Å². The standard InChI is InChI=1S/C5H6BrNO2/c1-8-5-2-4(3-6)9-7-5/h2H,3H2,1H3. The van der Waals surface area contributed by atoms with Gasteiger partial charge in [-0.1, -0.05) is 15.9 Å². The van der Waals surface area contributed by atoms with Gasteiger partial charge < -0.3 is 9.26 Å². The van der Waals surface area contributed by atoms with Crippen LogP contribution in [0.25, 0.3) is 0 Å². The molecule has 0 fully saturated rings. The van der Waals surface area contributed by atoms with Gasteiger partial charge in [-0.2, -0.15) is 0 Å². The minimum absolute atomic E-state index is 0.518. The van der Waals surface area contributed by atoms with Crippen molar-refractivity contribution >= 4 is 15.9 Å². The highest BCUT2D eigenvalue weighted by Gasteiger charge is 1.99. The Bertz CT molecular complexity index is 168. The molecule has 0 spiro atoms. The third-order valence-corrected chi connectivity index (χ3v) is 1.43. The van der Waals surface area contributed by atoms with Gasteiger partial charge in [-0.15, -0.1) is 0 Å². The molecule has 1 rings (SSSR count). The largest absolute Gasteiger partial charge is 0.479 e. The number of halogens is 1. The van der Waals surface area contributed by atoms with Gasteiger partial charge in [-0.05, 0) is 5.16 Å². The number of ether oxygens (including phenoxy) is 1. The fraction of sp³-hybridized carbons (Fsp3) is 0.400. The maximum Gasteiger partial charge on any atom is 0.254 e. The minimum Gasteiger partial charge on any atom is -0.479 e. The smallest absolute Gasteiger partial charge is 0.254 e. The molecule has 0 saturated heterocycles. The average molecular weight is 192 g/mol. The van der Waals surface area contributed by atoms with Gasteiger partial charge >= 0.3 is 0 Å². The van der Waals surface area contributed by atoms with Crippen molar-refractivity contribution in [3.8, 4) is 5.88 Å². The Morgan fingerprint density at radius 3 is 3.00 bits per heavy atom. The van der Waals surface area contributed by atoms with Crippen molar-refractivity contribution in [2.45, 2.75) is 5.33 Å². The molecule has 9 heavy (non-hydrogen) atoms. The van der Waals surface area contributed by atoms with Crippen LogP contribution in [0.2, 0.25) is 0 Å². The normalized spacial score (nSPS) is 9.56. The van der Waals surface area contributed by atoms with E-state index in [9.17, 15) is 0 Å². The molecule has 0 bridgehead atoms. The molecule has 1 aromatic rings. The van der Waals surface area contributed by atoms with Gasteiger partial charge in [0.2, 0.25) is 0 Å². The molecular formula is C5H6BrNO2. The topological polar surface area (TPSA) is 35.3 Å². The summed E-state index contributed by atoms with van der Waals surface area (Å²) in [4.78, 5) is 0. The molecule has 0 aromatic carbocycles. The first-order valence-electron chi connectivity index (χ1n) is 2.42. The number of alkyl halides is 1. The lowest BCUT2D eigenvalue weighted by atomic mass is 10.5. The predicted octanol–water partition coefficient (Wildman–Crippen LogP) is 1.58. The molecule has 1 aromatic heterocycles. The SMILES string of the molecule is COc1cc(CBr)on1. The van der Waals surface area contributed by atoms with Gasteiger partial charge in [0.1, 0.15) is 0 Å². The third kappa shape index (κ3) is 1.45. The Morgan fingerprint density at radius 1 is 1.89 bits per heavy atom. The lowest BCUT2D eigenvalue weighted by Crippen LogP contribution is -1.78. The maximum absolute atomic E-state index is 4.78. The lowest BCUT2D eigenvalue weighted by molar-refractivity contribution is 0.331. The summed E-state index contributed by atoms with van der Waals surface area (Å²) < 4.78 is 9.55. The molecule has 3 nitrogen and oxygen atoms in total. The molecule has 0 aliphatic carbocycles. The predicted molar refractivity (Wildman–Crippen MR) is 35.7 cm³/mol. The highest BCUT2D eigenvalue weighted by atomic mass is 79.9. The molecule has 1 heterocycles. The van der Waals surface area contributed by atoms with Crippen LogP contribution < -0.4 is 4.74 Å². The van der Waals surface area contributed by atoms with Crippen molar-refractivity contribution in [2.24, 2.45) is 0 Å². The number of methoxy groups -OCH3 is 1. The van der Waals surface area contributed by atoms with E-state index in [1.54, 1.807) is 13.2 Å². The zero-order valence-electron chi connectivity index (χ0n) is 4.93. The molecule has 0 saturated carbocycles. The van der Waals surface area contributed by atoms with Gasteiger partial charge in [0.15, 0.2) is 5.76 Å². The Kier molecular flexibility index (Phi) is 2.10. The number of hydrogen-bond acceptors (Lipinski definition) is 3. The number of aromatic nitrogens is 1. The highest BCUT2D eigenvalue weighted by Crippen LogP contribution is 2.12. The van der Waals surface area contributed by atoms with Gasteiger partial charge in [-0.25, -0.2) is 0 Å². The molecule has 0 aliphatic heterocycles. The number of nitrogens with zero attached hydrogens (tertiary/aromatic N) is 1. The van der Waals surface area contributed by atoms with E-state index >= 15 is 0 Å². The summed E-state index contributed by atoms with van der Waals surface area (Å²) in [5.74, 6) is 1.29. The molecular weight excluding hydrogens is 186 g/mol. The second kappa shape index (κ2) is 2.87. The first-order chi connectivity index (χ1) is 4.36. The molecule has 0 atom stereocenters. The Labute approximate surface area is 61.1 Å². The third-order valence-electron chi connectivity index (χ3n) is 0.878. The van der Waals surface area contributed by atoms with Crippen molar-refractivity contribution in [3.63, 3.8) is 0 Å². The van der Waals surface area contributed by atoms with Crippen LogP contribution >= 0.6 is 15.9 Å². The van der Waals surface area contributed by atoms with Gasteiger partial charge in [0.25, 0.3) is 5.88 Å². The molecule has 0 aliphatic rings. The summed E-state index contributed by atoms with van der Waals surface area (Å²) in [5.41, 5.74) is 0. The van der Waals surface area contributed by atoms with E-state index < -0.39 is 0 Å². The highest BCUT2D eigenvalue weighted by molar-refractivity contribution is 9.08. The van der Waals surface area contributed by atoms with Crippen LogP contribution in [0.3, 0.4) is 0 Å². The van der Waals surface area contributed by atoms with Crippen molar-refractivity contribution < 1.29 is 9.26 Å². The fourth-order valence-corrected chi connectivity index (χ4v) is 0.717. The molecule has 4 heteroatoms. The second-order valence-electron chi connectivity index (χ2n) is 1.47. The second-order valence-corrected chi connectivity index (χ2v) is 2.03. The molecule has 0 N–H and O–H groups in total. The van der Waals surface area contributed by atoms with E-state index in [2.05, 4.69) is 21.1 Å². The van der Waals surface area contributed by atoms with Crippen molar-refractivity contribution in [3.05, 3.63) is 11.8 Å². The molecule has 0 radical (unpaired) electrons. The van der Waals surface area contributed by atoms with E-state index in [1.807, 2.05) is 0 Å². The number of rotatable bonds is 2. The van der Waals surface area contributed by atoms with Gasteiger partial charge in [0.05, 0.1) is 12.4 Å². The van der Waals surface area contributed by atoms with E-state index in [4.69, 9.17) is 9.26 Å². The summed E-state index contributed by atoms with van der Waals surface area (Å²) in [6, 6.07) is 1.73. The Morgan fingerprint density at radius 2 is 2.67 bits per heavy atom. The first-order valence-corrected chi connectivity index (χ1v) is 3.54. The summed E-state index contributed by atoms with van der Waals surface area (Å²) >= 11 is 3.21. The summed E-state index contributed by atoms with van der Waals surface area (Å²) in [6.45, 7) is 0. The van der Waals surface area contributed by atoms with Gasteiger partial charge in [0, 0.05) is 6.07 Å². The molecule has 0 unspecified atom stereocenters. The maximum atomic E-state index is 4.78. The van der Waals surface area contributed by atoms with Crippen LogP contribution in [0, 0.1) is 0 Å². The number of hydrogen-bond donors (Lipinski definition) is 0. The van der Waals surface area contributed by atoms with Crippen LogP contribution in [0.4, 0.5) is 0 Å². The average Bonchev–Trinajstić information content (AvgIpc) is 2.34. The van der Waals surface area contributed by atoms with E-state index in [0.717, 1.165) is 5.76 Å². The van der Waals surface area contributed by atoms with Crippen LogP contribution in [-0.2, 0) is 5.33 Å². The van der Waals surface area contributed by atoms with E-state index in [-0.39, 0.29) is 0 Å². The van der Waals surface area contributed by atoms with Crippen molar-refractivity contribution in [2.75, 3.05) is 7.11 Å². The van der Waals surface area contributed by atoms with Crippen LogP contribution in [-0.4, -0.2) is 12.3 Å². The summed E-state index contributed by atoms with van der Waals surface area (Å²) in [5, 5.41) is 4.25. The van der Waals surface area contributed by atoms with E-state index in [0.29, 0.717) is 11.2 Å². The quantitative estimate of drug-likeness (QED) is 0.667. The van der Waals surface area contributed by atoms with Crippen LogP contribution in [0.15, 0.2) is 10.6 Å². The zero-order valence-corrected chi connectivity index (χ0v) is 6.51. The Hall–Kier alpha value is -0.510. The summed E-state index contributed by atoms with van der Waals surface area (Å²) in [7, 11) is 1.55. The minimum atomic E-state index is 0.518. The van der Waals surface area contributed by atoms with Gasteiger partial charge in [-0.3, -0.25) is 0 Å². The van der Waals surface area contributed by atoms with Crippen molar-refractivity contribution in [1.82, 2.24) is 5.16 Å². The Balaban J connectivity index is 2.74. The molecule has 0 amide bonds. The fourth-order valence-electron chi connectivity index (χ4n) is 0.453. The van der Waals surface area contributed by atoms with Crippen molar-refractivity contribution in [1.29, 1.82) is 0 Å². The zero-order chi connectivity index (χ0) is 6.69. The lowest BCUT2D eigenvalue weighted by Gasteiger charge is -1.83.